The summed E-state index contributed by atoms with van der Waals surface area (Å²) in [4.78, 5) is 25.2. The largest absolute Gasteiger partial charge is 0.376 e. The standard InChI is InChI=1S/C22H21ClN2O3/c23-19-9-3-1-6-15(19)13-25-14-18(17-8-2-4-10-20(17)25)21(26)22(27)24-12-16-7-5-11-28-16/h1-4,6,8-10,14,16H,5,7,11-13H2,(H,24,27)/t16-/m0/s1. The van der Waals surface area contributed by atoms with Crippen LogP contribution in [-0.2, 0) is 16.1 Å². The number of para-hydroxylation sites is 1. The molecule has 1 saturated heterocycles. The van der Waals surface area contributed by atoms with Gasteiger partial charge in [-0.1, -0.05) is 48.0 Å². The van der Waals surface area contributed by atoms with Crippen LogP contribution in [0.1, 0.15) is 28.8 Å². The summed E-state index contributed by atoms with van der Waals surface area (Å²) in [5.74, 6) is -1.14. The molecule has 1 fully saturated rings. The van der Waals surface area contributed by atoms with Crippen LogP contribution in [0.25, 0.3) is 10.9 Å². The van der Waals surface area contributed by atoms with Crippen LogP contribution in [0.4, 0.5) is 0 Å². The number of hydrogen-bond donors (Lipinski definition) is 1. The third kappa shape index (κ3) is 3.81. The van der Waals surface area contributed by atoms with Gasteiger partial charge >= 0.3 is 0 Å². The molecule has 0 spiro atoms. The minimum atomic E-state index is -0.601. The van der Waals surface area contributed by atoms with Crippen LogP contribution in [0.3, 0.4) is 0 Å². The lowest BCUT2D eigenvalue weighted by atomic mass is 10.1. The Labute approximate surface area is 168 Å². The third-order valence-corrected chi connectivity index (χ3v) is 5.42. The summed E-state index contributed by atoms with van der Waals surface area (Å²) >= 11 is 6.29. The average molecular weight is 397 g/mol. The van der Waals surface area contributed by atoms with Gasteiger partial charge in [-0.25, -0.2) is 0 Å². The molecule has 0 saturated carbocycles. The lowest BCUT2D eigenvalue weighted by Gasteiger charge is -2.09. The van der Waals surface area contributed by atoms with Crippen molar-refractivity contribution in [2.75, 3.05) is 13.2 Å². The Kier molecular flexibility index (Phi) is 5.46. The number of carbonyl (C=O) groups excluding carboxylic acids is 2. The molecule has 1 amide bonds. The fourth-order valence-electron chi connectivity index (χ4n) is 3.58. The Morgan fingerprint density at radius 1 is 1.14 bits per heavy atom. The number of aromatic nitrogens is 1. The SMILES string of the molecule is O=C(NC[C@@H]1CCCO1)C(=O)c1cn(Cc2ccccc2Cl)c2ccccc12. The maximum atomic E-state index is 12.8. The summed E-state index contributed by atoms with van der Waals surface area (Å²) in [5, 5.41) is 4.14. The molecule has 1 aliphatic rings. The molecular weight excluding hydrogens is 376 g/mol. The maximum absolute atomic E-state index is 12.8. The summed E-state index contributed by atoms with van der Waals surface area (Å²) < 4.78 is 7.45. The number of Topliss-reactive ketones (excluding diaryl/α,β-unsaturated/α-hetero) is 1. The lowest BCUT2D eigenvalue weighted by molar-refractivity contribution is -0.117. The maximum Gasteiger partial charge on any atom is 0.292 e. The number of fused-ring (bicyclic) bond motifs is 1. The first kappa shape index (κ1) is 18.7. The molecule has 0 radical (unpaired) electrons. The van der Waals surface area contributed by atoms with Crippen LogP contribution in [0.2, 0.25) is 5.02 Å². The van der Waals surface area contributed by atoms with Crippen LogP contribution in [-0.4, -0.2) is 35.5 Å². The molecule has 0 bridgehead atoms. The second-order valence-electron chi connectivity index (χ2n) is 6.95. The summed E-state index contributed by atoms with van der Waals surface area (Å²) in [5.41, 5.74) is 2.23. The summed E-state index contributed by atoms with van der Waals surface area (Å²) in [6.07, 6.45) is 3.63. The highest BCUT2D eigenvalue weighted by atomic mass is 35.5. The van der Waals surface area contributed by atoms with Gasteiger partial charge in [-0.3, -0.25) is 9.59 Å². The van der Waals surface area contributed by atoms with E-state index in [0.717, 1.165) is 29.3 Å². The Balaban J connectivity index is 1.59. The predicted octanol–water partition coefficient (Wildman–Crippen LogP) is 3.82. The van der Waals surface area contributed by atoms with E-state index < -0.39 is 11.7 Å². The Hall–Kier alpha value is -2.63. The average Bonchev–Trinajstić information content (AvgIpc) is 3.36. The molecule has 144 valence electrons. The molecule has 4 rings (SSSR count). The molecule has 1 atom stereocenters. The first-order valence-corrected chi connectivity index (χ1v) is 9.76. The zero-order valence-corrected chi connectivity index (χ0v) is 16.1. The number of ketones is 1. The molecule has 28 heavy (non-hydrogen) atoms. The van der Waals surface area contributed by atoms with Crippen molar-refractivity contribution in [2.45, 2.75) is 25.5 Å². The van der Waals surface area contributed by atoms with E-state index in [2.05, 4.69) is 5.32 Å². The van der Waals surface area contributed by atoms with Gasteiger partial charge < -0.3 is 14.6 Å². The molecule has 1 aromatic heterocycles. The topological polar surface area (TPSA) is 60.3 Å². The summed E-state index contributed by atoms with van der Waals surface area (Å²) in [6.45, 7) is 1.60. The van der Waals surface area contributed by atoms with Crippen LogP contribution in [0.15, 0.2) is 54.7 Å². The molecule has 5 nitrogen and oxygen atoms in total. The van der Waals surface area contributed by atoms with Gasteiger partial charge in [-0.2, -0.15) is 0 Å². The number of hydrogen-bond acceptors (Lipinski definition) is 3. The Morgan fingerprint density at radius 2 is 1.93 bits per heavy atom. The quantitative estimate of drug-likeness (QED) is 0.509. The molecule has 0 unspecified atom stereocenters. The minimum Gasteiger partial charge on any atom is -0.376 e. The van der Waals surface area contributed by atoms with E-state index in [1.165, 1.54) is 0 Å². The van der Waals surface area contributed by atoms with Crippen molar-refractivity contribution < 1.29 is 14.3 Å². The number of benzene rings is 2. The van der Waals surface area contributed by atoms with E-state index in [0.29, 0.717) is 30.3 Å². The van der Waals surface area contributed by atoms with E-state index >= 15 is 0 Å². The smallest absolute Gasteiger partial charge is 0.292 e. The van der Waals surface area contributed by atoms with Gasteiger partial charge in [0, 0.05) is 41.8 Å². The van der Waals surface area contributed by atoms with Crippen molar-refractivity contribution in [3.63, 3.8) is 0 Å². The van der Waals surface area contributed by atoms with Crippen molar-refractivity contribution in [1.82, 2.24) is 9.88 Å². The highest BCUT2D eigenvalue weighted by molar-refractivity contribution is 6.45. The molecule has 6 heteroatoms. The van der Waals surface area contributed by atoms with Gasteiger partial charge in [0.2, 0.25) is 0 Å². The molecular formula is C22H21ClN2O3. The zero-order valence-electron chi connectivity index (χ0n) is 15.4. The number of rotatable bonds is 6. The van der Waals surface area contributed by atoms with E-state index in [1.807, 2.05) is 53.1 Å². The third-order valence-electron chi connectivity index (χ3n) is 5.05. The second kappa shape index (κ2) is 8.17. The summed E-state index contributed by atoms with van der Waals surface area (Å²) in [6, 6.07) is 15.2. The monoisotopic (exact) mass is 396 g/mol. The minimum absolute atomic E-state index is 0.00156. The highest BCUT2D eigenvalue weighted by Gasteiger charge is 2.23. The van der Waals surface area contributed by atoms with Crippen LogP contribution in [0.5, 0.6) is 0 Å². The summed E-state index contributed by atoms with van der Waals surface area (Å²) in [7, 11) is 0. The van der Waals surface area contributed by atoms with Crippen LogP contribution < -0.4 is 5.32 Å². The molecule has 1 N–H and O–H groups in total. The molecule has 1 aliphatic heterocycles. The number of nitrogens with zero attached hydrogens (tertiary/aromatic N) is 1. The van der Waals surface area contributed by atoms with E-state index in [4.69, 9.17) is 16.3 Å². The van der Waals surface area contributed by atoms with E-state index in [9.17, 15) is 9.59 Å². The molecule has 3 aromatic rings. The van der Waals surface area contributed by atoms with Crippen LogP contribution >= 0.6 is 11.6 Å². The fraction of sp³-hybridized carbons (Fsp3) is 0.273. The highest BCUT2D eigenvalue weighted by Crippen LogP contribution is 2.25. The number of ether oxygens (including phenoxy) is 1. The first-order valence-electron chi connectivity index (χ1n) is 9.39. The number of amides is 1. The van der Waals surface area contributed by atoms with Gasteiger partial charge in [0.05, 0.1) is 11.7 Å². The van der Waals surface area contributed by atoms with Gasteiger partial charge in [0.25, 0.3) is 11.7 Å². The number of nitrogens with one attached hydrogen (secondary N) is 1. The van der Waals surface area contributed by atoms with E-state index in [1.54, 1.807) is 6.20 Å². The van der Waals surface area contributed by atoms with Gasteiger partial charge in [0.1, 0.15) is 0 Å². The van der Waals surface area contributed by atoms with Gasteiger partial charge in [-0.05, 0) is 30.5 Å². The van der Waals surface area contributed by atoms with E-state index in [-0.39, 0.29) is 6.10 Å². The first-order chi connectivity index (χ1) is 13.6. The van der Waals surface area contributed by atoms with Gasteiger partial charge in [0.15, 0.2) is 0 Å². The van der Waals surface area contributed by atoms with Crippen molar-refractivity contribution in [2.24, 2.45) is 0 Å². The zero-order chi connectivity index (χ0) is 19.5. The molecule has 0 aliphatic carbocycles. The van der Waals surface area contributed by atoms with Gasteiger partial charge in [-0.15, -0.1) is 0 Å². The van der Waals surface area contributed by atoms with Crippen LogP contribution in [0, 0.1) is 0 Å². The lowest BCUT2D eigenvalue weighted by Crippen LogP contribution is -2.36. The number of halogens is 1. The van der Waals surface area contributed by atoms with Crippen molar-refractivity contribution >= 4 is 34.2 Å². The molecule has 2 aromatic carbocycles. The fourth-order valence-corrected chi connectivity index (χ4v) is 3.78. The Morgan fingerprint density at radius 3 is 2.71 bits per heavy atom. The predicted molar refractivity (Wildman–Crippen MR) is 109 cm³/mol. The normalized spacial score (nSPS) is 16.4. The Bertz CT molecular complexity index is 1020. The van der Waals surface area contributed by atoms with Crippen molar-refractivity contribution in [3.8, 4) is 0 Å². The second-order valence-corrected chi connectivity index (χ2v) is 7.36. The molecule has 2 heterocycles. The van der Waals surface area contributed by atoms with Crippen molar-refractivity contribution in [3.05, 3.63) is 70.9 Å². The number of carbonyl (C=O) groups is 2. The van der Waals surface area contributed by atoms with Crippen molar-refractivity contribution in [1.29, 1.82) is 0 Å².